The second-order valence-electron chi connectivity index (χ2n) is 15.0. The van der Waals surface area contributed by atoms with Crippen LogP contribution in [0.5, 0.6) is 0 Å². The predicted molar refractivity (Wildman–Crippen MR) is 201 cm³/mol. The molecule has 0 aromatic heterocycles. The van der Waals surface area contributed by atoms with Gasteiger partial charge in [-0.2, -0.15) is 0 Å². The summed E-state index contributed by atoms with van der Waals surface area (Å²) in [4.78, 5) is 0. The summed E-state index contributed by atoms with van der Waals surface area (Å²) >= 11 is -1.91. The Bertz CT molecular complexity index is 2090. The largest absolute Gasteiger partial charge is 1.00 e. The van der Waals surface area contributed by atoms with E-state index in [1.807, 2.05) is 0 Å². The standard InChI is InChI=1S/2C20H14F13P.2ClH.Pd/c2*21-15(22,16(23,24)17(25,26)18(27,28)19(29,30)20(31,32)33)11-12-34(13-7-3-1-4-8-13)14-9-5-2-6-10-14;;;/h2*1-10H,11-12H2;2*1H;. The second-order valence-corrected chi connectivity index (χ2v) is 33.4. The molecule has 0 fully saturated rings. The molecule has 0 aliphatic heterocycles. The average molecular weight is 1240 g/mol. The summed E-state index contributed by atoms with van der Waals surface area (Å²) in [7, 11) is 0. The number of halogens is 28. The summed E-state index contributed by atoms with van der Waals surface area (Å²) in [6.45, 7) is 0. The first-order valence-electron chi connectivity index (χ1n) is 18.8. The van der Waals surface area contributed by atoms with Gasteiger partial charge in [0, 0.05) is 0 Å². The van der Waals surface area contributed by atoms with E-state index in [-0.39, 0.29) is 46.0 Å². The molecule has 31 heteroatoms. The minimum atomic E-state index is -8.30. The van der Waals surface area contributed by atoms with Crippen LogP contribution >= 0.6 is 10.9 Å². The SMILES string of the molecule is FC(F)(F)C(F)(F)C(F)(F)C(F)(F)C(F)(F)C(F)(F)CC[PH]([Pd+2][PH](CCC(F)(F)C(F)(F)C(F)(F)C(F)(F)C(F)(F)C(F)(F)F)(c1ccccc1)c1ccccc1)(c1ccccc1)c1ccccc1.[Cl-].[Cl-]. The quantitative estimate of drug-likeness (QED) is 0.0479. The molecule has 0 aliphatic rings. The van der Waals surface area contributed by atoms with Gasteiger partial charge in [0.2, 0.25) is 0 Å². The van der Waals surface area contributed by atoms with Crippen molar-refractivity contribution < 1.29 is 156 Å². The van der Waals surface area contributed by atoms with Crippen LogP contribution in [0, 0.1) is 0 Å². The Hall–Kier alpha value is -2.84. The van der Waals surface area contributed by atoms with E-state index >= 15 is 35.1 Å². The molecular weight excluding hydrogens is 1210 g/mol. The van der Waals surface area contributed by atoms with Gasteiger partial charge in [0.25, 0.3) is 0 Å². The maximum atomic E-state index is 15.9. The first-order valence-corrected chi connectivity index (χ1v) is 27.5. The minimum absolute atomic E-state index is 0. The van der Waals surface area contributed by atoms with Crippen LogP contribution in [0.3, 0.4) is 0 Å². The Labute approximate surface area is 404 Å². The molecule has 0 N–H and O–H groups in total. The van der Waals surface area contributed by atoms with Crippen LogP contribution in [0.25, 0.3) is 0 Å². The molecule has 0 nitrogen and oxygen atoms in total. The Balaban J connectivity index is 0.00000864. The monoisotopic (exact) mass is 1240 g/mol. The van der Waals surface area contributed by atoms with Crippen molar-refractivity contribution >= 4 is 32.1 Å². The van der Waals surface area contributed by atoms with Gasteiger partial charge in [-0.15, -0.1) is 0 Å². The zero-order valence-electron chi connectivity index (χ0n) is 34.3. The summed E-state index contributed by atoms with van der Waals surface area (Å²) in [6.07, 6.45) is -24.7. The van der Waals surface area contributed by atoms with E-state index in [1.165, 1.54) is 24.3 Å². The normalized spacial score (nSPS) is 15.2. The Morgan fingerprint density at radius 1 is 0.268 bits per heavy atom. The Morgan fingerprint density at radius 3 is 0.634 bits per heavy atom. The fraction of sp³-hybridized carbons (Fsp3) is 0.400. The zero-order chi connectivity index (χ0) is 53.0. The smallest absolute Gasteiger partial charge is 1.00 e. The molecule has 0 saturated heterocycles. The molecule has 4 aromatic rings. The molecule has 0 aliphatic carbocycles. The fourth-order valence-electron chi connectivity index (χ4n) is 6.73. The third-order valence-corrected chi connectivity index (χ3v) is 39.1. The van der Waals surface area contributed by atoms with Gasteiger partial charge in [0.1, 0.15) is 0 Å². The Kier molecular flexibility index (Phi) is 19.1. The third-order valence-electron chi connectivity index (χ3n) is 10.7. The van der Waals surface area contributed by atoms with Crippen LogP contribution < -0.4 is 46.0 Å². The van der Waals surface area contributed by atoms with Gasteiger partial charge in [0.05, 0.1) is 0 Å². The van der Waals surface area contributed by atoms with Gasteiger partial charge in [-0.1, -0.05) is 0 Å². The van der Waals surface area contributed by atoms with Gasteiger partial charge in [-0.3, -0.25) is 0 Å². The van der Waals surface area contributed by atoms with E-state index in [0.29, 0.717) is 0 Å². The number of hydrogen-bond donors (Lipinski definition) is 0. The van der Waals surface area contributed by atoms with E-state index in [2.05, 4.69) is 0 Å². The van der Waals surface area contributed by atoms with Gasteiger partial charge in [-0.25, -0.2) is 0 Å². The molecule has 0 bridgehead atoms. The van der Waals surface area contributed by atoms with Crippen LogP contribution in [-0.4, -0.2) is 83.9 Å². The molecule has 0 amide bonds. The van der Waals surface area contributed by atoms with Gasteiger partial charge in [-0.05, 0) is 0 Å². The maximum absolute atomic E-state index is 15.9. The Morgan fingerprint density at radius 2 is 0.451 bits per heavy atom. The minimum Gasteiger partial charge on any atom is -1.00 e. The van der Waals surface area contributed by atoms with Crippen molar-refractivity contribution in [3.8, 4) is 0 Å². The molecule has 0 saturated carbocycles. The topological polar surface area (TPSA) is 0 Å². The number of benzene rings is 4. The first kappa shape index (κ1) is 64.3. The summed E-state index contributed by atoms with van der Waals surface area (Å²) < 4.78 is 373. The van der Waals surface area contributed by atoms with E-state index in [1.54, 1.807) is 0 Å². The fourth-order valence-corrected chi connectivity index (χ4v) is 42.6. The average Bonchev–Trinajstić information content (AvgIpc) is 3.26. The number of alkyl halides is 26. The van der Waals surface area contributed by atoms with Gasteiger partial charge in [0.15, 0.2) is 0 Å². The van der Waals surface area contributed by atoms with Gasteiger partial charge < -0.3 is 24.8 Å². The van der Waals surface area contributed by atoms with Crippen molar-refractivity contribution in [1.82, 2.24) is 0 Å². The molecule has 0 unspecified atom stereocenters. The van der Waals surface area contributed by atoms with Crippen molar-refractivity contribution in [1.29, 1.82) is 0 Å². The van der Waals surface area contributed by atoms with Crippen molar-refractivity contribution in [3.63, 3.8) is 0 Å². The van der Waals surface area contributed by atoms with Crippen LogP contribution in [-0.2, 0) is 17.0 Å². The zero-order valence-corrected chi connectivity index (χ0v) is 39.3. The van der Waals surface area contributed by atoms with E-state index < -0.39 is 125 Å². The first-order chi connectivity index (χ1) is 31.0. The van der Waals surface area contributed by atoms with Crippen molar-refractivity contribution in [3.05, 3.63) is 121 Å². The summed E-state index contributed by atoms with van der Waals surface area (Å²) in [5.41, 5.74) is -10.1. The number of hydrogen-bond acceptors (Lipinski definition) is 0. The van der Waals surface area contributed by atoms with Crippen molar-refractivity contribution in [2.24, 2.45) is 0 Å². The molecule has 4 rings (SSSR count). The molecular formula is C40H30Cl2F26P2Pd. The van der Waals surface area contributed by atoms with Crippen molar-refractivity contribution in [2.75, 3.05) is 12.3 Å². The molecule has 0 atom stereocenters. The third kappa shape index (κ3) is 10.7. The van der Waals surface area contributed by atoms with Crippen LogP contribution in [0.4, 0.5) is 114 Å². The van der Waals surface area contributed by atoms with Gasteiger partial charge >= 0.3 is 381 Å². The molecule has 4 aromatic carbocycles. The molecule has 0 radical (unpaired) electrons. The van der Waals surface area contributed by atoms with Crippen LogP contribution in [0.15, 0.2) is 121 Å². The van der Waals surface area contributed by atoms with Crippen LogP contribution in [0.1, 0.15) is 12.8 Å². The molecule has 0 heterocycles. The summed E-state index contributed by atoms with van der Waals surface area (Å²) in [6, 6.07) is 21.7. The summed E-state index contributed by atoms with van der Waals surface area (Å²) in [5, 5.41) is -1.25. The molecule has 0 spiro atoms. The van der Waals surface area contributed by atoms with E-state index in [9.17, 15) is 79.0 Å². The second kappa shape index (κ2) is 21.1. The van der Waals surface area contributed by atoms with E-state index in [4.69, 9.17) is 0 Å². The molecule has 71 heavy (non-hydrogen) atoms. The van der Waals surface area contributed by atoms with E-state index in [0.717, 1.165) is 97.1 Å². The van der Waals surface area contributed by atoms with Crippen LogP contribution in [0.2, 0.25) is 0 Å². The predicted octanol–water partition coefficient (Wildman–Crippen LogP) is 7.97. The number of rotatable bonds is 20. The van der Waals surface area contributed by atoms with Crippen molar-refractivity contribution in [2.45, 2.75) is 84.4 Å². The maximum Gasteiger partial charge on any atom is -1.00 e. The molecule has 406 valence electrons. The summed E-state index contributed by atoms with van der Waals surface area (Å²) in [5.74, 6) is -78.4.